The minimum atomic E-state index is -0.409. The number of phenols is 2. The molecule has 0 atom stereocenters. The van der Waals surface area contributed by atoms with E-state index in [0.29, 0.717) is 11.1 Å². The smallest absolute Gasteiger partial charge is 0.200 e. The molecular weight excluding hydrogens is 380 g/mol. The fourth-order valence-corrected chi connectivity index (χ4v) is 3.22. The van der Waals surface area contributed by atoms with Gasteiger partial charge in [0.25, 0.3) is 0 Å². The van der Waals surface area contributed by atoms with E-state index in [1.807, 2.05) is 20.8 Å². The topological polar surface area (TPSA) is 87.7 Å². The first-order valence-electron chi connectivity index (χ1n) is 9.69. The van der Waals surface area contributed by atoms with Crippen LogP contribution in [0.1, 0.15) is 44.0 Å². The Kier molecular flexibility index (Phi) is 6.21. The van der Waals surface area contributed by atoms with Crippen LogP contribution in [-0.2, 0) is 0 Å². The molecule has 30 heavy (non-hydrogen) atoms. The number of carbonyl (C=O) groups is 1. The van der Waals surface area contributed by atoms with Crippen LogP contribution in [0.5, 0.6) is 11.5 Å². The number of benzene rings is 2. The lowest BCUT2D eigenvalue weighted by molar-refractivity contribution is 0.104. The summed E-state index contributed by atoms with van der Waals surface area (Å²) < 4.78 is 5.65. The summed E-state index contributed by atoms with van der Waals surface area (Å²) in [5, 5.41) is 20.0. The fourth-order valence-electron chi connectivity index (χ4n) is 3.22. The maximum absolute atomic E-state index is 13.0. The Hall–Kier alpha value is -3.60. The van der Waals surface area contributed by atoms with E-state index in [9.17, 15) is 19.8 Å². The van der Waals surface area contributed by atoms with Crippen molar-refractivity contribution < 1.29 is 19.4 Å². The van der Waals surface area contributed by atoms with Gasteiger partial charge < -0.3 is 14.6 Å². The first kappa shape index (κ1) is 21.1. The molecule has 154 valence electrons. The van der Waals surface area contributed by atoms with Gasteiger partial charge in [0.2, 0.25) is 5.43 Å². The summed E-state index contributed by atoms with van der Waals surface area (Å²) >= 11 is 0. The zero-order valence-electron chi connectivity index (χ0n) is 17.2. The molecule has 0 aliphatic carbocycles. The summed E-state index contributed by atoms with van der Waals surface area (Å²) in [6.45, 7) is 5.90. The molecule has 5 nitrogen and oxygen atoms in total. The number of rotatable bonds is 6. The molecule has 1 heterocycles. The molecule has 2 N–H and O–H groups in total. The van der Waals surface area contributed by atoms with Crippen molar-refractivity contribution >= 4 is 16.8 Å². The summed E-state index contributed by atoms with van der Waals surface area (Å²) in [7, 11) is 0. The van der Waals surface area contributed by atoms with E-state index in [-0.39, 0.29) is 33.5 Å². The van der Waals surface area contributed by atoms with Gasteiger partial charge in [-0.05, 0) is 69.5 Å². The average molecular weight is 404 g/mol. The molecule has 1 aromatic heterocycles. The van der Waals surface area contributed by atoms with E-state index in [4.69, 9.17) is 4.42 Å². The van der Waals surface area contributed by atoms with E-state index in [2.05, 4.69) is 6.08 Å². The number of hydrogen-bond donors (Lipinski definition) is 2. The molecule has 0 aliphatic rings. The molecule has 0 amide bonds. The lowest BCUT2D eigenvalue weighted by Gasteiger charge is -2.08. The summed E-state index contributed by atoms with van der Waals surface area (Å²) in [5.41, 5.74) is 2.69. The zero-order valence-corrected chi connectivity index (χ0v) is 17.2. The lowest BCUT2D eigenvalue weighted by Crippen LogP contribution is -2.07. The normalized spacial score (nSPS) is 11.5. The van der Waals surface area contributed by atoms with Crippen LogP contribution in [0, 0.1) is 0 Å². The van der Waals surface area contributed by atoms with Crippen molar-refractivity contribution in [3.8, 4) is 22.6 Å². The van der Waals surface area contributed by atoms with E-state index in [0.717, 1.165) is 18.4 Å². The maximum Gasteiger partial charge on any atom is 0.200 e. The largest absolute Gasteiger partial charge is 0.508 e. The molecule has 0 fully saturated rings. The van der Waals surface area contributed by atoms with Crippen molar-refractivity contribution in [1.29, 1.82) is 0 Å². The van der Waals surface area contributed by atoms with Crippen molar-refractivity contribution in [3.05, 3.63) is 81.7 Å². The molecular formula is C25H24O5. The molecule has 0 bridgehead atoms. The van der Waals surface area contributed by atoms with Crippen molar-refractivity contribution in [2.75, 3.05) is 0 Å². The van der Waals surface area contributed by atoms with Crippen LogP contribution in [0.15, 0.2) is 75.2 Å². The highest BCUT2D eigenvalue weighted by Crippen LogP contribution is 2.29. The number of allylic oxidation sites excluding steroid dienone is 4. The van der Waals surface area contributed by atoms with Crippen LogP contribution in [0.2, 0.25) is 0 Å². The number of hydrogen-bond acceptors (Lipinski definition) is 5. The van der Waals surface area contributed by atoms with E-state index in [1.165, 1.54) is 42.2 Å². The third kappa shape index (κ3) is 4.51. The van der Waals surface area contributed by atoms with Crippen molar-refractivity contribution in [1.82, 2.24) is 0 Å². The molecule has 0 saturated carbocycles. The third-order valence-electron chi connectivity index (χ3n) is 4.81. The summed E-state index contributed by atoms with van der Waals surface area (Å²) in [6, 6.07) is 8.96. The van der Waals surface area contributed by atoms with Gasteiger partial charge in [-0.3, -0.25) is 9.59 Å². The Morgan fingerprint density at radius 3 is 2.40 bits per heavy atom. The van der Waals surface area contributed by atoms with E-state index >= 15 is 0 Å². The van der Waals surface area contributed by atoms with Gasteiger partial charge >= 0.3 is 0 Å². The van der Waals surface area contributed by atoms with Crippen LogP contribution >= 0.6 is 0 Å². The molecule has 3 rings (SSSR count). The summed E-state index contributed by atoms with van der Waals surface area (Å²) in [4.78, 5) is 25.8. The molecule has 5 heteroatoms. The number of carbonyl (C=O) groups excluding carboxylic acids is 1. The number of phenolic OH excluding ortho intramolecular Hbond substituents is 2. The summed E-state index contributed by atoms with van der Waals surface area (Å²) in [5.74, 6) is -0.553. The molecule has 3 aromatic rings. The lowest BCUT2D eigenvalue weighted by atomic mass is 10.00. The molecule has 0 saturated heterocycles. The number of aromatic hydroxyl groups is 2. The number of ketones is 1. The highest BCUT2D eigenvalue weighted by atomic mass is 16.3. The van der Waals surface area contributed by atoms with Crippen LogP contribution in [0.4, 0.5) is 0 Å². The predicted molar refractivity (Wildman–Crippen MR) is 118 cm³/mol. The van der Waals surface area contributed by atoms with Crippen LogP contribution in [0.25, 0.3) is 22.1 Å². The molecule has 0 radical (unpaired) electrons. The summed E-state index contributed by atoms with van der Waals surface area (Å²) in [6.07, 6.45) is 6.39. The third-order valence-corrected chi connectivity index (χ3v) is 4.81. The second-order valence-electron chi connectivity index (χ2n) is 7.54. The Morgan fingerprint density at radius 2 is 1.73 bits per heavy atom. The van der Waals surface area contributed by atoms with Crippen molar-refractivity contribution in [2.45, 2.75) is 33.6 Å². The Bertz CT molecular complexity index is 1210. The Labute approximate surface area is 174 Å². The van der Waals surface area contributed by atoms with Crippen molar-refractivity contribution in [2.24, 2.45) is 0 Å². The fraction of sp³-hybridized carbons (Fsp3) is 0.200. The highest BCUT2D eigenvalue weighted by Gasteiger charge is 2.19. The highest BCUT2D eigenvalue weighted by molar-refractivity contribution is 6.14. The Balaban J connectivity index is 2.03. The van der Waals surface area contributed by atoms with E-state index in [1.54, 1.807) is 12.1 Å². The minimum absolute atomic E-state index is 0.0246. The molecule has 2 aromatic carbocycles. The van der Waals surface area contributed by atoms with Gasteiger partial charge in [-0.1, -0.05) is 29.4 Å². The van der Waals surface area contributed by atoms with Gasteiger partial charge in [0, 0.05) is 0 Å². The van der Waals surface area contributed by atoms with Gasteiger partial charge in [-0.2, -0.15) is 0 Å². The van der Waals surface area contributed by atoms with Gasteiger partial charge in [0.1, 0.15) is 23.3 Å². The molecule has 0 aliphatic heterocycles. The number of fused-ring (bicyclic) bond motifs is 1. The quantitative estimate of drug-likeness (QED) is 0.310. The van der Waals surface area contributed by atoms with Crippen LogP contribution in [0.3, 0.4) is 0 Å². The standard InChI is InChI=1S/C25H24O5/c1-15(2)5-4-6-16(3)13-22(28)23-21(27)12-11-19-24(29)20(14-30-25(19)23)17-7-9-18(26)10-8-17/h5,7-14,26-27H,4,6H2,1-3H3/b16-13+. The van der Waals surface area contributed by atoms with E-state index < -0.39 is 5.78 Å². The van der Waals surface area contributed by atoms with Gasteiger partial charge in [-0.25, -0.2) is 0 Å². The SMILES string of the molecule is CC(C)=CCC/C(C)=C/C(=O)c1c(O)ccc2c(=O)c(-c3ccc(O)cc3)coc12. The van der Waals surface area contributed by atoms with Crippen molar-refractivity contribution in [3.63, 3.8) is 0 Å². The first-order valence-corrected chi connectivity index (χ1v) is 9.69. The van der Waals surface area contributed by atoms with Crippen LogP contribution in [-0.4, -0.2) is 16.0 Å². The van der Waals surface area contributed by atoms with Gasteiger partial charge in [0.05, 0.1) is 10.9 Å². The molecule has 0 unspecified atom stereocenters. The average Bonchev–Trinajstić information content (AvgIpc) is 2.68. The second kappa shape index (κ2) is 8.82. The zero-order chi connectivity index (χ0) is 21.8. The second-order valence-corrected chi connectivity index (χ2v) is 7.54. The molecule has 0 spiro atoms. The first-order chi connectivity index (χ1) is 14.3. The monoisotopic (exact) mass is 404 g/mol. The maximum atomic E-state index is 13.0. The van der Waals surface area contributed by atoms with Gasteiger partial charge in [0.15, 0.2) is 11.4 Å². The van der Waals surface area contributed by atoms with Crippen LogP contribution < -0.4 is 5.43 Å². The van der Waals surface area contributed by atoms with Gasteiger partial charge in [-0.15, -0.1) is 0 Å². The Morgan fingerprint density at radius 1 is 1.03 bits per heavy atom. The minimum Gasteiger partial charge on any atom is -0.508 e. The predicted octanol–water partition coefficient (Wildman–Crippen LogP) is 5.75.